The predicted octanol–water partition coefficient (Wildman–Crippen LogP) is 3.42. The van der Waals surface area contributed by atoms with Crippen molar-refractivity contribution in [3.05, 3.63) is 29.3 Å². The standard InChI is InChI=1S/C17H26N2O2S/c1-4-22-12-17(21)5-7-19(8-6-17)16(20)18-15-10-13(2)9-14(3)11-15/h9-11,21H,4-8,12H2,1-3H3,(H,18,20). The Morgan fingerprint density at radius 1 is 1.27 bits per heavy atom. The number of piperidine rings is 1. The highest BCUT2D eigenvalue weighted by molar-refractivity contribution is 7.99. The molecule has 0 unspecified atom stereocenters. The zero-order valence-corrected chi connectivity index (χ0v) is 14.5. The Morgan fingerprint density at radius 3 is 2.41 bits per heavy atom. The molecule has 0 aromatic heterocycles. The monoisotopic (exact) mass is 322 g/mol. The number of nitrogens with one attached hydrogen (secondary N) is 1. The van der Waals surface area contributed by atoms with Crippen molar-refractivity contribution in [3.63, 3.8) is 0 Å². The van der Waals surface area contributed by atoms with Gasteiger partial charge in [-0.3, -0.25) is 0 Å². The van der Waals surface area contributed by atoms with Crippen molar-refractivity contribution in [2.45, 2.75) is 39.2 Å². The first-order chi connectivity index (χ1) is 10.4. The first-order valence-corrected chi connectivity index (χ1v) is 9.02. The SMILES string of the molecule is CCSCC1(O)CCN(C(=O)Nc2cc(C)cc(C)c2)CC1. The Morgan fingerprint density at radius 2 is 1.86 bits per heavy atom. The fourth-order valence-corrected chi connectivity index (χ4v) is 3.68. The Bertz CT molecular complexity index is 505. The van der Waals surface area contributed by atoms with Gasteiger partial charge in [0, 0.05) is 24.5 Å². The van der Waals surface area contributed by atoms with Crippen molar-refractivity contribution >= 4 is 23.5 Å². The molecular formula is C17H26N2O2S. The number of aryl methyl sites for hydroxylation is 2. The second-order valence-electron chi connectivity index (χ2n) is 6.16. The van der Waals surface area contributed by atoms with Gasteiger partial charge in [0.25, 0.3) is 0 Å². The minimum absolute atomic E-state index is 0.0739. The van der Waals surface area contributed by atoms with Crippen molar-refractivity contribution in [2.24, 2.45) is 0 Å². The maximum absolute atomic E-state index is 12.3. The van der Waals surface area contributed by atoms with Gasteiger partial charge in [0.15, 0.2) is 0 Å². The van der Waals surface area contributed by atoms with E-state index in [9.17, 15) is 9.90 Å². The van der Waals surface area contributed by atoms with Gasteiger partial charge in [-0.05, 0) is 55.7 Å². The highest BCUT2D eigenvalue weighted by Gasteiger charge is 2.33. The Hall–Kier alpha value is -1.20. The number of aliphatic hydroxyl groups is 1. The third-order valence-corrected chi connectivity index (χ3v) is 5.18. The van der Waals surface area contributed by atoms with Gasteiger partial charge >= 0.3 is 6.03 Å². The average molecular weight is 322 g/mol. The third kappa shape index (κ3) is 4.65. The maximum Gasteiger partial charge on any atom is 0.321 e. The molecule has 1 aliphatic heterocycles. The van der Waals surface area contributed by atoms with E-state index in [1.807, 2.05) is 26.0 Å². The minimum atomic E-state index is -0.614. The molecule has 2 rings (SSSR count). The van der Waals surface area contributed by atoms with Gasteiger partial charge in [-0.1, -0.05) is 13.0 Å². The van der Waals surface area contributed by atoms with E-state index in [1.54, 1.807) is 16.7 Å². The number of likely N-dealkylation sites (tertiary alicyclic amines) is 1. The summed E-state index contributed by atoms with van der Waals surface area (Å²) >= 11 is 1.76. The van der Waals surface area contributed by atoms with Crippen molar-refractivity contribution in [2.75, 3.05) is 29.9 Å². The fraction of sp³-hybridized carbons (Fsp3) is 0.588. The second kappa shape index (κ2) is 7.38. The maximum atomic E-state index is 12.3. The summed E-state index contributed by atoms with van der Waals surface area (Å²) in [6.07, 6.45) is 1.31. The second-order valence-corrected chi connectivity index (χ2v) is 7.43. The van der Waals surface area contributed by atoms with E-state index in [1.165, 1.54) is 0 Å². The largest absolute Gasteiger partial charge is 0.389 e. The quantitative estimate of drug-likeness (QED) is 0.893. The number of nitrogens with zero attached hydrogens (tertiary/aromatic N) is 1. The van der Waals surface area contributed by atoms with Crippen LogP contribution >= 0.6 is 11.8 Å². The van der Waals surface area contributed by atoms with Crippen molar-refractivity contribution in [1.82, 2.24) is 4.90 Å². The number of urea groups is 1. The van der Waals surface area contributed by atoms with Crippen LogP contribution in [0, 0.1) is 13.8 Å². The van der Waals surface area contributed by atoms with E-state index in [0.717, 1.165) is 28.3 Å². The summed E-state index contributed by atoms with van der Waals surface area (Å²) in [5.74, 6) is 1.77. The lowest BCUT2D eigenvalue weighted by molar-refractivity contribution is 0.00999. The number of carbonyl (C=O) groups is 1. The molecule has 0 spiro atoms. The molecule has 1 fully saturated rings. The number of hydrogen-bond acceptors (Lipinski definition) is 3. The molecule has 2 amide bonds. The van der Waals surface area contributed by atoms with Crippen molar-refractivity contribution in [1.29, 1.82) is 0 Å². The lowest BCUT2D eigenvalue weighted by atomic mass is 9.94. The van der Waals surface area contributed by atoms with Gasteiger partial charge in [-0.25, -0.2) is 4.79 Å². The fourth-order valence-electron chi connectivity index (χ4n) is 2.81. The van der Waals surface area contributed by atoms with Crippen molar-refractivity contribution in [3.8, 4) is 0 Å². The van der Waals surface area contributed by atoms with Crippen LogP contribution < -0.4 is 5.32 Å². The van der Waals surface area contributed by atoms with Crippen LogP contribution in [0.15, 0.2) is 18.2 Å². The van der Waals surface area contributed by atoms with Crippen LogP contribution in [0.5, 0.6) is 0 Å². The van der Waals surface area contributed by atoms with Gasteiger partial charge in [0.2, 0.25) is 0 Å². The van der Waals surface area contributed by atoms with Crippen molar-refractivity contribution < 1.29 is 9.90 Å². The van der Waals surface area contributed by atoms with Gasteiger partial charge < -0.3 is 15.3 Å². The molecule has 5 heteroatoms. The van der Waals surface area contributed by atoms with E-state index in [0.29, 0.717) is 25.9 Å². The Balaban J connectivity index is 1.89. The molecule has 1 heterocycles. The van der Waals surface area contributed by atoms with Crippen LogP contribution in [-0.2, 0) is 0 Å². The molecule has 1 saturated heterocycles. The molecule has 22 heavy (non-hydrogen) atoms. The van der Waals surface area contributed by atoms with Crippen LogP contribution in [0.2, 0.25) is 0 Å². The summed E-state index contributed by atoms with van der Waals surface area (Å²) < 4.78 is 0. The number of hydrogen-bond donors (Lipinski definition) is 2. The van der Waals surface area contributed by atoms with E-state index < -0.39 is 5.60 Å². The van der Waals surface area contributed by atoms with Crippen LogP contribution in [0.25, 0.3) is 0 Å². The zero-order chi connectivity index (χ0) is 16.2. The summed E-state index contributed by atoms with van der Waals surface area (Å²) in [6, 6.07) is 5.96. The van der Waals surface area contributed by atoms with E-state index in [4.69, 9.17) is 0 Å². The molecular weight excluding hydrogens is 296 g/mol. The lowest BCUT2D eigenvalue weighted by Crippen LogP contribution is -2.49. The number of thioether (sulfide) groups is 1. The van der Waals surface area contributed by atoms with E-state index in [-0.39, 0.29) is 6.03 Å². The number of benzene rings is 1. The average Bonchev–Trinajstić information content (AvgIpc) is 2.45. The highest BCUT2D eigenvalue weighted by atomic mass is 32.2. The molecule has 0 radical (unpaired) electrons. The lowest BCUT2D eigenvalue weighted by Gasteiger charge is -2.38. The molecule has 1 aromatic rings. The van der Waals surface area contributed by atoms with Crippen LogP contribution in [0.4, 0.5) is 10.5 Å². The van der Waals surface area contributed by atoms with Gasteiger partial charge in [0.05, 0.1) is 5.60 Å². The summed E-state index contributed by atoms with van der Waals surface area (Å²) in [7, 11) is 0. The summed E-state index contributed by atoms with van der Waals surface area (Å²) in [6.45, 7) is 7.36. The zero-order valence-electron chi connectivity index (χ0n) is 13.7. The molecule has 2 N–H and O–H groups in total. The Kier molecular flexibility index (Phi) is 5.75. The molecule has 1 aromatic carbocycles. The first-order valence-electron chi connectivity index (χ1n) is 7.86. The van der Waals surface area contributed by atoms with Crippen LogP contribution in [0.1, 0.15) is 30.9 Å². The molecule has 1 aliphatic rings. The number of anilines is 1. The predicted molar refractivity (Wildman–Crippen MR) is 93.7 cm³/mol. The van der Waals surface area contributed by atoms with E-state index in [2.05, 4.69) is 18.3 Å². The van der Waals surface area contributed by atoms with Gasteiger partial charge in [-0.15, -0.1) is 0 Å². The van der Waals surface area contributed by atoms with E-state index >= 15 is 0 Å². The smallest absolute Gasteiger partial charge is 0.321 e. The topological polar surface area (TPSA) is 52.6 Å². The van der Waals surface area contributed by atoms with Crippen LogP contribution in [0.3, 0.4) is 0 Å². The normalized spacial score (nSPS) is 17.4. The minimum Gasteiger partial charge on any atom is -0.389 e. The molecule has 122 valence electrons. The number of amides is 2. The molecule has 0 atom stereocenters. The summed E-state index contributed by atoms with van der Waals surface area (Å²) in [4.78, 5) is 14.1. The number of carbonyl (C=O) groups excluding carboxylic acids is 1. The molecule has 0 aliphatic carbocycles. The number of rotatable bonds is 4. The van der Waals surface area contributed by atoms with Gasteiger partial charge in [-0.2, -0.15) is 11.8 Å². The Labute approximate surface area is 137 Å². The van der Waals surface area contributed by atoms with Gasteiger partial charge in [0.1, 0.15) is 0 Å². The highest BCUT2D eigenvalue weighted by Crippen LogP contribution is 2.26. The molecule has 0 saturated carbocycles. The summed E-state index contributed by atoms with van der Waals surface area (Å²) in [5, 5.41) is 13.4. The first kappa shape index (κ1) is 17.2. The summed E-state index contributed by atoms with van der Waals surface area (Å²) in [5.41, 5.74) is 2.50. The van der Waals surface area contributed by atoms with Crippen LogP contribution in [-0.4, -0.2) is 46.2 Å². The molecule has 4 nitrogen and oxygen atoms in total. The molecule has 0 bridgehead atoms. The third-order valence-electron chi connectivity index (χ3n) is 4.03.